The van der Waals surface area contributed by atoms with Gasteiger partial charge < -0.3 is 10.1 Å². The number of fused-ring (bicyclic) bond motifs is 5. The summed E-state index contributed by atoms with van der Waals surface area (Å²) >= 11 is 2.17. The number of methoxy groups -OCH3 is 1. The van der Waals surface area contributed by atoms with Crippen LogP contribution in [0.4, 0.5) is 5.69 Å². The molecule has 5 nitrogen and oxygen atoms in total. The number of ketones is 1. The van der Waals surface area contributed by atoms with E-state index in [1.165, 1.54) is 7.11 Å². The minimum absolute atomic E-state index is 0.129. The summed E-state index contributed by atoms with van der Waals surface area (Å²) in [6.07, 6.45) is 5.04. The van der Waals surface area contributed by atoms with Crippen LogP contribution in [0.2, 0.25) is 0 Å². The van der Waals surface area contributed by atoms with Crippen LogP contribution in [-0.4, -0.2) is 24.8 Å². The predicted octanol–water partition coefficient (Wildman–Crippen LogP) is 1.97. The average molecular weight is 421 g/mol. The summed E-state index contributed by atoms with van der Waals surface area (Å²) in [5.41, 5.74) is 0.776. The summed E-state index contributed by atoms with van der Waals surface area (Å²) in [6.45, 7) is 0. The van der Waals surface area contributed by atoms with Gasteiger partial charge in [-0.15, -0.1) is 0 Å². The van der Waals surface area contributed by atoms with E-state index >= 15 is 0 Å². The number of hydrogen-bond acceptors (Lipinski definition) is 4. The number of amides is 1. The minimum Gasteiger partial charge on any atom is -0.466 e. The Labute approximate surface area is 145 Å². The summed E-state index contributed by atoms with van der Waals surface area (Å²) in [5, 5.41) is 2.87. The number of carbonyl (C=O) groups is 3. The first-order valence-corrected chi connectivity index (χ1v) is 8.22. The summed E-state index contributed by atoms with van der Waals surface area (Å²) < 4.78 is 5.68. The third kappa shape index (κ3) is 1.69. The van der Waals surface area contributed by atoms with Crippen molar-refractivity contribution in [3.8, 4) is 0 Å². The number of allylic oxidation sites excluding steroid dienone is 2. The molecule has 3 aliphatic rings. The van der Waals surface area contributed by atoms with E-state index in [0.29, 0.717) is 5.57 Å². The van der Waals surface area contributed by atoms with Gasteiger partial charge in [-0.25, -0.2) is 4.79 Å². The molecule has 1 heterocycles. The van der Waals surface area contributed by atoms with Crippen LogP contribution >= 0.6 is 22.6 Å². The second-order valence-electron chi connectivity index (χ2n) is 5.82. The van der Waals surface area contributed by atoms with Crippen molar-refractivity contribution in [2.75, 3.05) is 12.4 Å². The molecule has 1 aromatic rings. The zero-order chi connectivity index (χ0) is 16.4. The van der Waals surface area contributed by atoms with Crippen molar-refractivity contribution in [2.45, 2.75) is 5.41 Å². The van der Waals surface area contributed by atoms with Crippen LogP contribution < -0.4 is 5.32 Å². The molecule has 0 unspecified atom stereocenters. The second-order valence-corrected chi connectivity index (χ2v) is 6.98. The van der Waals surface area contributed by atoms with Crippen molar-refractivity contribution < 1.29 is 19.1 Å². The molecule has 23 heavy (non-hydrogen) atoms. The van der Waals surface area contributed by atoms with Gasteiger partial charge in [0.25, 0.3) is 0 Å². The van der Waals surface area contributed by atoms with E-state index in [-0.39, 0.29) is 11.7 Å². The van der Waals surface area contributed by atoms with Gasteiger partial charge in [-0.2, -0.15) is 0 Å². The molecule has 1 aromatic carbocycles. The largest absolute Gasteiger partial charge is 0.466 e. The Kier molecular flexibility index (Phi) is 3.03. The molecule has 4 rings (SSSR count). The Hall–Kier alpha value is -1.96. The molecular weight excluding hydrogens is 409 g/mol. The van der Waals surface area contributed by atoms with Crippen molar-refractivity contribution in [1.82, 2.24) is 0 Å². The molecular formula is C17H12INO4. The van der Waals surface area contributed by atoms with Crippen LogP contribution in [0.3, 0.4) is 0 Å². The predicted molar refractivity (Wildman–Crippen MR) is 90.7 cm³/mol. The van der Waals surface area contributed by atoms with Crippen LogP contribution in [0.5, 0.6) is 0 Å². The van der Waals surface area contributed by atoms with Gasteiger partial charge >= 0.3 is 5.97 Å². The molecule has 3 atom stereocenters. The Balaban J connectivity index is 1.96. The van der Waals surface area contributed by atoms with Crippen molar-refractivity contribution in [3.05, 3.63) is 51.1 Å². The van der Waals surface area contributed by atoms with Crippen molar-refractivity contribution in [1.29, 1.82) is 0 Å². The molecule has 1 N–H and O–H groups in total. The fourth-order valence-electron chi connectivity index (χ4n) is 3.77. The van der Waals surface area contributed by atoms with Crippen molar-refractivity contribution in [3.63, 3.8) is 0 Å². The number of hydrogen-bond donors (Lipinski definition) is 1. The number of nitrogens with one attached hydrogen (secondary N) is 1. The Bertz CT molecular complexity index is 841. The van der Waals surface area contributed by atoms with Crippen LogP contribution in [0.1, 0.15) is 5.56 Å². The fourth-order valence-corrected chi connectivity index (χ4v) is 4.72. The van der Waals surface area contributed by atoms with Crippen molar-refractivity contribution in [2.24, 2.45) is 11.8 Å². The number of ether oxygens (including phenoxy) is 1. The lowest BCUT2D eigenvalue weighted by molar-refractivity contribution is -0.137. The van der Waals surface area contributed by atoms with Gasteiger partial charge in [0.2, 0.25) is 5.91 Å². The summed E-state index contributed by atoms with van der Waals surface area (Å²) in [7, 11) is 1.29. The first-order valence-electron chi connectivity index (χ1n) is 7.14. The zero-order valence-corrected chi connectivity index (χ0v) is 14.3. The molecule has 0 radical (unpaired) electrons. The van der Waals surface area contributed by atoms with Gasteiger partial charge in [-0.1, -0.05) is 24.3 Å². The number of rotatable bonds is 1. The zero-order valence-electron chi connectivity index (χ0n) is 12.1. The van der Waals surface area contributed by atoms with Gasteiger partial charge in [-0.3, -0.25) is 9.59 Å². The molecule has 1 amide bonds. The molecule has 6 heteroatoms. The smallest absolute Gasteiger partial charge is 0.334 e. The van der Waals surface area contributed by atoms with Gasteiger partial charge in [-0.05, 0) is 34.7 Å². The van der Waals surface area contributed by atoms with Crippen LogP contribution in [0.15, 0.2) is 42.0 Å². The lowest BCUT2D eigenvalue weighted by Crippen LogP contribution is -2.45. The van der Waals surface area contributed by atoms with Gasteiger partial charge in [0.15, 0.2) is 5.78 Å². The molecule has 1 aliphatic heterocycles. The van der Waals surface area contributed by atoms with Gasteiger partial charge in [0.05, 0.1) is 18.9 Å². The monoisotopic (exact) mass is 421 g/mol. The number of carbonyl (C=O) groups excluding carboxylic acids is 3. The standard InChI is InChI=1S/C17H12INO4/c1-23-15(21)9-7-10-14(20)8(9)5-6-17(10)13-11(18)3-2-4-12(13)19-16(17)22/h2-8,10H,1H3,(H,19,22)/t8-,10+,17+/m1/s1. The minimum atomic E-state index is -1.07. The van der Waals surface area contributed by atoms with E-state index in [1.807, 2.05) is 18.2 Å². The van der Waals surface area contributed by atoms with Gasteiger partial charge in [0.1, 0.15) is 5.41 Å². The third-order valence-electron chi connectivity index (χ3n) is 4.81. The Morgan fingerprint density at radius 1 is 1.35 bits per heavy atom. The summed E-state index contributed by atoms with van der Waals surface area (Å²) in [6, 6.07) is 5.60. The SMILES string of the molecule is COC(=O)C1=C[C@H]2C(=O)[C@@H]1C=C[C@]21C(=O)Nc2cccc(I)c21. The van der Waals surface area contributed by atoms with E-state index < -0.39 is 23.2 Å². The highest BCUT2D eigenvalue weighted by Gasteiger charge is 2.59. The molecule has 0 fully saturated rings. The third-order valence-corrected chi connectivity index (χ3v) is 5.71. The number of esters is 1. The molecule has 0 aromatic heterocycles. The second kappa shape index (κ2) is 4.77. The number of benzene rings is 1. The van der Waals surface area contributed by atoms with Gasteiger partial charge in [0, 0.05) is 20.4 Å². The van der Waals surface area contributed by atoms with E-state index in [1.54, 1.807) is 18.2 Å². The molecule has 0 saturated carbocycles. The Morgan fingerprint density at radius 3 is 2.87 bits per heavy atom. The normalized spacial score (nSPS) is 30.3. The number of anilines is 1. The highest BCUT2D eigenvalue weighted by atomic mass is 127. The number of Topliss-reactive ketones (excluding diaryl/α,β-unsaturated/α-hetero) is 1. The summed E-state index contributed by atoms with van der Waals surface area (Å²) in [4.78, 5) is 37.4. The molecule has 1 spiro atoms. The number of halogens is 1. The van der Waals surface area contributed by atoms with E-state index in [2.05, 4.69) is 27.9 Å². The van der Waals surface area contributed by atoms with E-state index in [0.717, 1.165) is 14.8 Å². The maximum absolute atomic E-state index is 12.8. The topological polar surface area (TPSA) is 72.5 Å². The van der Waals surface area contributed by atoms with Crippen molar-refractivity contribution >= 4 is 45.9 Å². The van der Waals surface area contributed by atoms with E-state index in [9.17, 15) is 14.4 Å². The highest BCUT2D eigenvalue weighted by molar-refractivity contribution is 14.1. The molecule has 116 valence electrons. The quantitative estimate of drug-likeness (QED) is 0.428. The van der Waals surface area contributed by atoms with Crippen LogP contribution in [-0.2, 0) is 24.5 Å². The lowest BCUT2D eigenvalue weighted by Gasteiger charge is -2.32. The molecule has 2 aliphatic carbocycles. The van der Waals surface area contributed by atoms with E-state index in [4.69, 9.17) is 4.74 Å². The van der Waals surface area contributed by atoms with Crippen LogP contribution in [0, 0.1) is 15.4 Å². The highest BCUT2D eigenvalue weighted by Crippen LogP contribution is 2.53. The first kappa shape index (κ1) is 14.6. The molecule has 0 saturated heterocycles. The average Bonchev–Trinajstić information content (AvgIpc) is 2.92. The maximum atomic E-state index is 12.8. The summed E-state index contributed by atoms with van der Waals surface area (Å²) in [5.74, 6) is -2.17. The first-order chi connectivity index (χ1) is 11.0. The van der Waals surface area contributed by atoms with Crippen LogP contribution in [0.25, 0.3) is 0 Å². The maximum Gasteiger partial charge on any atom is 0.334 e. The Morgan fingerprint density at radius 2 is 2.13 bits per heavy atom. The lowest BCUT2D eigenvalue weighted by atomic mass is 9.66. The molecule has 2 bridgehead atoms. The fraction of sp³-hybridized carbons (Fsp3) is 0.235.